The minimum absolute atomic E-state index is 0.163. The maximum absolute atomic E-state index is 12.1. The molecule has 1 aromatic carbocycles. The Kier molecular flexibility index (Phi) is 5.32. The Bertz CT molecular complexity index is 516. The number of carbonyl (C=O) groups is 1. The standard InChI is InChI=1S/C14H19Cl2N3O2/c1-8-6-19(3-2-12(8)20)7-13(21)18-14-10(16)4-9(15)5-11(14)17/h4-5,8,12,20H,2-3,6-7,17H2,1H3,(H,18,21). The number of aliphatic hydroxyl groups excluding tert-OH is 1. The second-order valence-corrected chi connectivity index (χ2v) is 6.31. The van der Waals surface area contributed by atoms with Crippen molar-refractivity contribution in [2.24, 2.45) is 5.92 Å². The Morgan fingerprint density at radius 2 is 2.24 bits per heavy atom. The van der Waals surface area contributed by atoms with Gasteiger partial charge in [-0.25, -0.2) is 0 Å². The number of halogens is 2. The van der Waals surface area contributed by atoms with Gasteiger partial charge in [0, 0.05) is 18.1 Å². The van der Waals surface area contributed by atoms with E-state index in [1.165, 1.54) is 6.07 Å². The fourth-order valence-corrected chi connectivity index (χ4v) is 3.03. The van der Waals surface area contributed by atoms with E-state index in [1.54, 1.807) is 6.07 Å². The van der Waals surface area contributed by atoms with Crippen molar-refractivity contribution in [1.29, 1.82) is 0 Å². The number of anilines is 2. The van der Waals surface area contributed by atoms with Crippen LogP contribution in [0.4, 0.5) is 11.4 Å². The summed E-state index contributed by atoms with van der Waals surface area (Å²) in [5.41, 5.74) is 6.54. The number of carbonyl (C=O) groups excluding carboxylic acids is 1. The predicted octanol–water partition coefficient (Wildman–Crippen LogP) is 2.22. The summed E-state index contributed by atoms with van der Waals surface area (Å²) < 4.78 is 0. The van der Waals surface area contributed by atoms with Crippen molar-refractivity contribution >= 4 is 40.5 Å². The first-order chi connectivity index (χ1) is 9.86. The number of piperidine rings is 1. The van der Waals surface area contributed by atoms with E-state index in [2.05, 4.69) is 5.32 Å². The minimum atomic E-state index is -0.286. The average Bonchev–Trinajstić information content (AvgIpc) is 2.38. The van der Waals surface area contributed by atoms with Crippen LogP contribution in [0.1, 0.15) is 13.3 Å². The van der Waals surface area contributed by atoms with E-state index in [0.717, 1.165) is 0 Å². The second-order valence-electron chi connectivity index (χ2n) is 5.47. The highest BCUT2D eigenvalue weighted by Gasteiger charge is 2.25. The molecule has 0 bridgehead atoms. The molecule has 4 N–H and O–H groups in total. The van der Waals surface area contributed by atoms with Crippen molar-refractivity contribution in [3.8, 4) is 0 Å². The molecule has 0 aromatic heterocycles. The summed E-state index contributed by atoms with van der Waals surface area (Å²) in [5, 5.41) is 13.2. The first kappa shape index (κ1) is 16.4. The van der Waals surface area contributed by atoms with Crippen molar-refractivity contribution in [3.05, 3.63) is 22.2 Å². The molecule has 21 heavy (non-hydrogen) atoms. The molecule has 116 valence electrons. The minimum Gasteiger partial charge on any atom is -0.397 e. The highest BCUT2D eigenvalue weighted by atomic mass is 35.5. The lowest BCUT2D eigenvalue weighted by atomic mass is 9.97. The van der Waals surface area contributed by atoms with Crippen LogP contribution in [-0.2, 0) is 4.79 Å². The molecular formula is C14H19Cl2N3O2. The van der Waals surface area contributed by atoms with Crippen LogP contribution in [0.15, 0.2) is 12.1 Å². The molecule has 1 heterocycles. The molecule has 2 unspecified atom stereocenters. The van der Waals surface area contributed by atoms with Crippen molar-refractivity contribution in [3.63, 3.8) is 0 Å². The van der Waals surface area contributed by atoms with Gasteiger partial charge in [0.2, 0.25) is 5.91 Å². The van der Waals surface area contributed by atoms with Crippen molar-refractivity contribution in [2.75, 3.05) is 30.7 Å². The number of hydrogen-bond acceptors (Lipinski definition) is 4. The lowest BCUT2D eigenvalue weighted by molar-refractivity contribution is -0.118. The van der Waals surface area contributed by atoms with Crippen LogP contribution in [-0.4, -0.2) is 41.7 Å². The SMILES string of the molecule is CC1CN(CC(=O)Nc2c(N)cc(Cl)cc2Cl)CCC1O. The molecule has 0 radical (unpaired) electrons. The normalized spacial score (nSPS) is 23.0. The summed E-state index contributed by atoms with van der Waals surface area (Å²) >= 11 is 11.9. The number of amides is 1. The third-order valence-corrected chi connectivity index (χ3v) is 4.18. The van der Waals surface area contributed by atoms with E-state index in [1.807, 2.05) is 11.8 Å². The van der Waals surface area contributed by atoms with Gasteiger partial charge in [0.15, 0.2) is 0 Å². The fourth-order valence-electron chi connectivity index (χ4n) is 2.47. The number of rotatable bonds is 3. The van der Waals surface area contributed by atoms with Gasteiger partial charge in [-0.2, -0.15) is 0 Å². The van der Waals surface area contributed by atoms with E-state index in [4.69, 9.17) is 28.9 Å². The molecule has 0 spiro atoms. The van der Waals surface area contributed by atoms with E-state index >= 15 is 0 Å². The van der Waals surface area contributed by atoms with Gasteiger partial charge in [-0.15, -0.1) is 0 Å². The average molecular weight is 332 g/mol. The van der Waals surface area contributed by atoms with Gasteiger partial charge in [-0.1, -0.05) is 30.1 Å². The summed E-state index contributed by atoms with van der Waals surface area (Å²) in [7, 11) is 0. The molecule has 1 saturated heterocycles. The topological polar surface area (TPSA) is 78.6 Å². The third-order valence-electron chi connectivity index (χ3n) is 3.66. The van der Waals surface area contributed by atoms with Crippen LogP contribution >= 0.6 is 23.2 Å². The zero-order valence-corrected chi connectivity index (χ0v) is 13.3. The molecule has 0 aliphatic carbocycles. The number of nitrogens with zero attached hydrogens (tertiary/aromatic N) is 1. The molecule has 2 rings (SSSR count). The van der Waals surface area contributed by atoms with Gasteiger partial charge in [0.25, 0.3) is 0 Å². The maximum atomic E-state index is 12.1. The van der Waals surface area contributed by atoms with Crippen LogP contribution in [0, 0.1) is 5.92 Å². The molecular weight excluding hydrogens is 313 g/mol. The van der Waals surface area contributed by atoms with E-state index in [0.29, 0.717) is 40.9 Å². The molecule has 2 atom stereocenters. The zero-order valence-electron chi connectivity index (χ0n) is 11.8. The highest BCUT2D eigenvalue weighted by Crippen LogP contribution is 2.32. The van der Waals surface area contributed by atoms with Gasteiger partial charge >= 0.3 is 0 Å². The fraction of sp³-hybridized carbons (Fsp3) is 0.500. The second kappa shape index (κ2) is 6.83. The molecule has 7 heteroatoms. The first-order valence-corrected chi connectivity index (χ1v) is 7.57. The van der Waals surface area contributed by atoms with Gasteiger partial charge in [0.05, 0.1) is 29.0 Å². The monoisotopic (exact) mass is 331 g/mol. The molecule has 1 aliphatic heterocycles. The molecule has 1 fully saturated rings. The van der Waals surface area contributed by atoms with Crippen LogP contribution in [0.5, 0.6) is 0 Å². The molecule has 5 nitrogen and oxygen atoms in total. The van der Waals surface area contributed by atoms with Crippen molar-refractivity contribution in [2.45, 2.75) is 19.4 Å². The lowest BCUT2D eigenvalue weighted by Gasteiger charge is -2.33. The smallest absolute Gasteiger partial charge is 0.238 e. The highest BCUT2D eigenvalue weighted by molar-refractivity contribution is 6.37. The first-order valence-electron chi connectivity index (χ1n) is 6.81. The predicted molar refractivity (Wildman–Crippen MR) is 85.7 cm³/mol. The number of nitrogens with two attached hydrogens (primary N) is 1. The Morgan fingerprint density at radius 1 is 1.52 bits per heavy atom. The largest absolute Gasteiger partial charge is 0.397 e. The van der Waals surface area contributed by atoms with Gasteiger partial charge in [0.1, 0.15) is 0 Å². The van der Waals surface area contributed by atoms with Crippen LogP contribution in [0.25, 0.3) is 0 Å². The Hall–Kier alpha value is -1.01. The third kappa shape index (κ3) is 4.23. The van der Waals surface area contributed by atoms with Crippen LogP contribution in [0.3, 0.4) is 0 Å². The number of nitrogen functional groups attached to an aromatic ring is 1. The van der Waals surface area contributed by atoms with Gasteiger partial charge in [-0.3, -0.25) is 9.69 Å². The Labute approximate surface area is 134 Å². The Morgan fingerprint density at radius 3 is 2.86 bits per heavy atom. The number of likely N-dealkylation sites (tertiary alicyclic amines) is 1. The molecule has 1 aromatic rings. The van der Waals surface area contributed by atoms with Crippen LogP contribution in [0.2, 0.25) is 10.0 Å². The molecule has 1 amide bonds. The quantitative estimate of drug-likeness (QED) is 0.742. The van der Waals surface area contributed by atoms with Crippen molar-refractivity contribution in [1.82, 2.24) is 4.90 Å². The lowest BCUT2D eigenvalue weighted by Crippen LogP contribution is -2.45. The number of hydrogen-bond donors (Lipinski definition) is 3. The van der Waals surface area contributed by atoms with Crippen molar-refractivity contribution < 1.29 is 9.90 Å². The number of benzene rings is 1. The summed E-state index contributed by atoms with van der Waals surface area (Å²) in [5.74, 6) is -0.0229. The van der Waals surface area contributed by atoms with E-state index in [9.17, 15) is 9.90 Å². The Balaban J connectivity index is 1.96. The van der Waals surface area contributed by atoms with Gasteiger partial charge < -0.3 is 16.2 Å². The summed E-state index contributed by atoms with van der Waals surface area (Å²) in [6.45, 7) is 3.61. The molecule has 0 saturated carbocycles. The molecule has 1 aliphatic rings. The summed E-state index contributed by atoms with van der Waals surface area (Å²) in [6.07, 6.45) is 0.392. The number of nitrogens with one attached hydrogen (secondary N) is 1. The number of aliphatic hydroxyl groups is 1. The van der Waals surface area contributed by atoms with E-state index in [-0.39, 0.29) is 24.5 Å². The van der Waals surface area contributed by atoms with E-state index < -0.39 is 0 Å². The summed E-state index contributed by atoms with van der Waals surface area (Å²) in [6, 6.07) is 3.08. The van der Waals surface area contributed by atoms with Gasteiger partial charge in [-0.05, 0) is 24.5 Å². The van der Waals surface area contributed by atoms with Crippen LogP contribution < -0.4 is 11.1 Å². The maximum Gasteiger partial charge on any atom is 0.238 e. The zero-order chi connectivity index (χ0) is 15.6. The summed E-state index contributed by atoms with van der Waals surface area (Å²) in [4.78, 5) is 14.1.